The molecule has 0 aliphatic heterocycles. The molecule has 4 nitrogen and oxygen atoms in total. The first-order chi connectivity index (χ1) is 11.2. The Bertz CT molecular complexity index is 549. The molecule has 1 aromatic rings. The molecule has 0 unspecified atom stereocenters. The largest absolute Gasteiger partial charge is 0.326 e. The first-order valence-corrected chi connectivity index (χ1v) is 10.7. The Balaban J connectivity index is 2.89. The van der Waals surface area contributed by atoms with Crippen LogP contribution in [0.1, 0.15) is 25.0 Å². The number of amides is 1. The zero-order chi connectivity index (χ0) is 18.3. The molecule has 0 fully saturated rings. The molecule has 24 heavy (non-hydrogen) atoms. The lowest BCUT2D eigenvalue weighted by Gasteiger charge is -2.33. The Morgan fingerprint density at radius 1 is 1.29 bits per heavy atom. The molecule has 1 amide bonds. The Morgan fingerprint density at radius 2 is 1.96 bits per heavy atom. The minimum atomic E-state index is -0.319. The van der Waals surface area contributed by atoms with Crippen LogP contribution in [0.25, 0.3) is 0 Å². The fraction of sp³-hybridized carbons (Fsp3) is 0.611. The van der Waals surface area contributed by atoms with Crippen LogP contribution in [0.4, 0.5) is 5.69 Å². The van der Waals surface area contributed by atoms with Crippen LogP contribution in [0.5, 0.6) is 0 Å². The standard InChI is InChI=1S/C18H31N3OS2/c1-12-8-7-9-15(13(12)2)21-17(22)16(18(3,4)24-6)20-10-14(19)11-23-5/h7-9,14,16,20H,10-11,19H2,1-6H3,(H,21,22)/t14-,16-/m1/s1. The van der Waals surface area contributed by atoms with Gasteiger partial charge in [0.2, 0.25) is 5.91 Å². The van der Waals surface area contributed by atoms with Gasteiger partial charge in [-0.1, -0.05) is 12.1 Å². The summed E-state index contributed by atoms with van der Waals surface area (Å²) in [7, 11) is 0. The summed E-state index contributed by atoms with van der Waals surface area (Å²) >= 11 is 3.40. The lowest BCUT2D eigenvalue weighted by Crippen LogP contribution is -2.55. The number of hydrogen-bond donors (Lipinski definition) is 3. The summed E-state index contributed by atoms with van der Waals surface area (Å²) in [6.07, 6.45) is 4.07. The molecule has 0 heterocycles. The van der Waals surface area contributed by atoms with Crippen LogP contribution in [0.3, 0.4) is 0 Å². The van der Waals surface area contributed by atoms with Gasteiger partial charge in [0.15, 0.2) is 0 Å². The van der Waals surface area contributed by atoms with Crippen LogP contribution in [-0.2, 0) is 4.79 Å². The van der Waals surface area contributed by atoms with Crippen molar-refractivity contribution < 1.29 is 4.79 Å². The molecule has 1 rings (SSSR count). The Kier molecular flexibility index (Phi) is 8.63. The summed E-state index contributed by atoms with van der Waals surface area (Å²) in [5.74, 6) is 0.859. The second kappa shape index (κ2) is 9.70. The van der Waals surface area contributed by atoms with Crippen molar-refractivity contribution in [3.8, 4) is 0 Å². The lowest BCUT2D eigenvalue weighted by molar-refractivity contribution is -0.118. The van der Waals surface area contributed by atoms with Crippen LogP contribution >= 0.6 is 23.5 Å². The van der Waals surface area contributed by atoms with E-state index in [2.05, 4.69) is 24.5 Å². The zero-order valence-electron chi connectivity index (χ0n) is 15.6. The average molecular weight is 370 g/mol. The molecule has 1 aromatic carbocycles. The molecule has 6 heteroatoms. The first-order valence-electron chi connectivity index (χ1n) is 8.13. The molecule has 0 saturated carbocycles. The minimum Gasteiger partial charge on any atom is -0.326 e. The van der Waals surface area contributed by atoms with Gasteiger partial charge >= 0.3 is 0 Å². The maximum atomic E-state index is 12.9. The first kappa shape index (κ1) is 21.4. The average Bonchev–Trinajstić information content (AvgIpc) is 2.52. The van der Waals surface area contributed by atoms with E-state index in [9.17, 15) is 4.79 Å². The van der Waals surface area contributed by atoms with Crippen LogP contribution in [0.15, 0.2) is 18.2 Å². The normalized spacial score (nSPS) is 14.3. The van der Waals surface area contributed by atoms with E-state index in [0.717, 1.165) is 17.0 Å². The quantitative estimate of drug-likeness (QED) is 0.624. The van der Waals surface area contributed by atoms with Gasteiger partial charge in [-0.3, -0.25) is 4.79 Å². The highest BCUT2D eigenvalue weighted by atomic mass is 32.2. The van der Waals surface area contributed by atoms with Crippen molar-refractivity contribution in [3.05, 3.63) is 29.3 Å². The number of carbonyl (C=O) groups is 1. The van der Waals surface area contributed by atoms with Gasteiger partial charge in [0.1, 0.15) is 6.04 Å². The third-order valence-corrected chi connectivity index (χ3v) is 6.36. The highest BCUT2D eigenvalue weighted by Gasteiger charge is 2.34. The number of benzene rings is 1. The Labute approximate surface area is 155 Å². The summed E-state index contributed by atoms with van der Waals surface area (Å²) in [4.78, 5) is 12.9. The zero-order valence-corrected chi connectivity index (χ0v) is 17.2. The van der Waals surface area contributed by atoms with E-state index in [4.69, 9.17) is 5.73 Å². The molecule has 0 spiro atoms. The van der Waals surface area contributed by atoms with Crippen LogP contribution in [0.2, 0.25) is 0 Å². The second-order valence-electron chi connectivity index (χ2n) is 6.60. The molecule has 0 bridgehead atoms. The maximum absolute atomic E-state index is 12.9. The Morgan fingerprint density at radius 3 is 2.54 bits per heavy atom. The summed E-state index contributed by atoms with van der Waals surface area (Å²) < 4.78 is -0.235. The molecule has 136 valence electrons. The monoisotopic (exact) mass is 369 g/mol. The van der Waals surface area contributed by atoms with Crippen molar-refractivity contribution in [1.29, 1.82) is 0 Å². The summed E-state index contributed by atoms with van der Waals surface area (Å²) in [5, 5.41) is 6.46. The number of aryl methyl sites for hydroxylation is 1. The van der Waals surface area contributed by atoms with E-state index < -0.39 is 0 Å². The molecule has 2 atom stereocenters. The van der Waals surface area contributed by atoms with E-state index in [1.807, 2.05) is 44.6 Å². The molecule has 4 N–H and O–H groups in total. The van der Waals surface area contributed by atoms with Gasteiger partial charge in [-0.05, 0) is 57.4 Å². The van der Waals surface area contributed by atoms with Gasteiger partial charge < -0.3 is 16.4 Å². The van der Waals surface area contributed by atoms with Crippen LogP contribution in [0, 0.1) is 13.8 Å². The Hall–Kier alpha value is -0.690. The van der Waals surface area contributed by atoms with Gasteiger partial charge in [-0.15, -0.1) is 0 Å². The summed E-state index contributed by atoms with van der Waals surface area (Å²) in [6, 6.07) is 5.68. The smallest absolute Gasteiger partial charge is 0.242 e. The molecule has 0 aliphatic carbocycles. The molecule has 0 saturated heterocycles. The van der Waals surface area contributed by atoms with E-state index >= 15 is 0 Å². The topological polar surface area (TPSA) is 67.1 Å². The maximum Gasteiger partial charge on any atom is 0.242 e. The van der Waals surface area contributed by atoms with Crippen LogP contribution in [-0.4, -0.2) is 47.5 Å². The third kappa shape index (κ3) is 5.99. The number of thioether (sulfide) groups is 2. The number of carbonyl (C=O) groups excluding carboxylic acids is 1. The highest BCUT2D eigenvalue weighted by molar-refractivity contribution is 8.00. The van der Waals surface area contributed by atoms with E-state index in [-0.39, 0.29) is 22.7 Å². The predicted molar refractivity (Wildman–Crippen MR) is 110 cm³/mol. The van der Waals surface area contributed by atoms with Crippen molar-refractivity contribution >= 4 is 35.1 Å². The van der Waals surface area contributed by atoms with E-state index in [1.165, 1.54) is 5.56 Å². The van der Waals surface area contributed by atoms with Gasteiger partial charge in [0, 0.05) is 28.8 Å². The van der Waals surface area contributed by atoms with Gasteiger partial charge in [-0.25, -0.2) is 0 Å². The van der Waals surface area contributed by atoms with Gasteiger partial charge in [0.05, 0.1) is 0 Å². The molecular formula is C18H31N3OS2. The number of hydrogen-bond acceptors (Lipinski definition) is 5. The highest BCUT2D eigenvalue weighted by Crippen LogP contribution is 2.27. The van der Waals surface area contributed by atoms with Gasteiger partial charge in [0.25, 0.3) is 0 Å². The SMILES string of the molecule is CSC[C@H](N)CN[C@H](C(=O)Nc1cccc(C)c1C)C(C)(C)SC. The summed E-state index contributed by atoms with van der Waals surface area (Å²) in [6.45, 7) is 8.86. The third-order valence-electron chi connectivity index (χ3n) is 4.31. The van der Waals surface area contributed by atoms with Crippen molar-refractivity contribution in [2.45, 2.75) is 44.5 Å². The number of anilines is 1. The molecule has 0 aromatic heterocycles. The number of rotatable bonds is 9. The molecule has 0 aliphatic rings. The number of nitrogens with one attached hydrogen (secondary N) is 2. The van der Waals surface area contributed by atoms with Crippen molar-refractivity contribution in [2.24, 2.45) is 5.73 Å². The fourth-order valence-electron chi connectivity index (χ4n) is 2.41. The number of nitrogens with two attached hydrogens (primary N) is 1. The second-order valence-corrected chi connectivity index (χ2v) is 8.97. The molecular weight excluding hydrogens is 338 g/mol. The van der Waals surface area contributed by atoms with Crippen molar-refractivity contribution in [2.75, 3.05) is 30.1 Å². The van der Waals surface area contributed by atoms with Crippen LogP contribution < -0.4 is 16.4 Å². The minimum absolute atomic E-state index is 0.0144. The van der Waals surface area contributed by atoms with Gasteiger partial charge in [-0.2, -0.15) is 23.5 Å². The van der Waals surface area contributed by atoms with E-state index in [0.29, 0.717) is 6.54 Å². The molecule has 0 radical (unpaired) electrons. The lowest BCUT2D eigenvalue weighted by atomic mass is 10.0. The van der Waals surface area contributed by atoms with E-state index in [1.54, 1.807) is 23.5 Å². The fourth-order valence-corrected chi connectivity index (χ4v) is 3.38. The predicted octanol–water partition coefficient (Wildman–Crippen LogP) is 3.03. The summed E-state index contributed by atoms with van der Waals surface area (Å²) in [5.41, 5.74) is 9.24. The van der Waals surface area contributed by atoms with Crippen molar-refractivity contribution in [3.63, 3.8) is 0 Å². The van der Waals surface area contributed by atoms with Crippen molar-refractivity contribution in [1.82, 2.24) is 5.32 Å².